The van der Waals surface area contributed by atoms with Crippen LogP contribution in [0.25, 0.3) is 5.57 Å². The van der Waals surface area contributed by atoms with E-state index >= 15 is 0 Å². The monoisotopic (exact) mass is 375 g/mol. The molecule has 1 saturated heterocycles. The maximum Gasteiger partial charge on any atom is 0.249 e. The number of hydrogen-bond acceptors (Lipinski definition) is 3. The molecule has 1 amide bonds. The smallest absolute Gasteiger partial charge is 0.249 e. The van der Waals surface area contributed by atoms with Crippen molar-refractivity contribution < 1.29 is 4.79 Å². The lowest BCUT2D eigenvalue weighted by Crippen LogP contribution is -2.32. The zero-order valence-corrected chi connectivity index (χ0v) is 16.4. The standard InChI is InChI=1S/C24H29N3O/c25-24(28)22-10-9-20(16-23(22)19-6-2-1-3-7-19)18-11-14-27(15-12-18)17-21-8-4-5-13-26-21/h4-6,8-10,13,16,18H,1-3,7,11-12,14-15,17H2,(H2,25,28). The van der Waals surface area contributed by atoms with Crippen molar-refractivity contribution >= 4 is 11.5 Å². The van der Waals surface area contributed by atoms with Gasteiger partial charge in [-0.2, -0.15) is 0 Å². The highest BCUT2D eigenvalue weighted by Crippen LogP contribution is 2.34. The SMILES string of the molecule is NC(=O)c1ccc(C2CCN(Cc3ccccn3)CC2)cc1C1=CCCCC1. The molecule has 4 heteroatoms. The van der Waals surface area contributed by atoms with E-state index in [1.165, 1.54) is 24.0 Å². The second-order valence-electron chi connectivity index (χ2n) is 8.02. The second kappa shape index (κ2) is 8.70. The van der Waals surface area contributed by atoms with Crippen LogP contribution in [-0.2, 0) is 6.54 Å². The van der Waals surface area contributed by atoms with Crippen LogP contribution in [0, 0.1) is 0 Å². The van der Waals surface area contributed by atoms with E-state index in [1.54, 1.807) is 0 Å². The van der Waals surface area contributed by atoms with E-state index in [4.69, 9.17) is 5.73 Å². The Morgan fingerprint density at radius 1 is 1.14 bits per heavy atom. The summed E-state index contributed by atoms with van der Waals surface area (Å²) in [5.41, 5.74) is 11.2. The average molecular weight is 376 g/mol. The highest BCUT2D eigenvalue weighted by Gasteiger charge is 2.23. The van der Waals surface area contributed by atoms with Crippen molar-refractivity contribution in [3.8, 4) is 0 Å². The van der Waals surface area contributed by atoms with E-state index in [9.17, 15) is 4.79 Å². The molecular formula is C24H29N3O. The number of likely N-dealkylation sites (tertiary alicyclic amines) is 1. The molecular weight excluding hydrogens is 346 g/mol. The third-order valence-corrected chi connectivity index (χ3v) is 6.12. The number of piperidine rings is 1. The Morgan fingerprint density at radius 2 is 2.00 bits per heavy atom. The number of pyridine rings is 1. The predicted molar refractivity (Wildman–Crippen MR) is 113 cm³/mol. The fourth-order valence-electron chi connectivity index (χ4n) is 4.52. The Balaban J connectivity index is 1.47. The van der Waals surface area contributed by atoms with Gasteiger partial charge in [-0.1, -0.05) is 24.3 Å². The number of rotatable bonds is 5. The number of allylic oxidation sites excluding steroid dienone is 2. The summed E-state index contributed by atoms with van der Waals surface area (Å²) >= 11 is 0. The molecule has 2 aliphatic rings. The Labute approximate surface area is 167 Å². The van der Waals surface area contributed by atoms with Gasteiger partial charge >= 0.3 is 0 Å². The van der Waals surface area contributed by atoms with Crippen molar-refractivity contribution in [2.24, 2.45) is 5.73 Å². The normalized spacial score (nSPS) is 18.6. The first-order chi connectivity index (χ1) is 13.7. The summed E-state index contributed by atoms with van der Waals surface area (Å²) in [6.45, 7) is 3.08. The van der Waals surface area contributed by atoms with Crippen molar-refractivity contribution in [2.75, 3.05) is 13.1 Å². The van der Waals surface area contributed by atoms with Crippen LogP contribution in [0.5, 0.6) is 0 Å². The van der Waals surface area contributed by atoms with Gasteiger partial charge in [0.1, 0.15) is 0 Å². The average Bonchev–Trinajstić information content (AvgIpc) is 2.75. The zero-order chi connectivity index (χ0) is 19.3. The lowest BCUT2D eigenvalue weighted by molar-refractivity contribution is 0.1000. The number of aromatic nitrogens is 1. The van der Waals surface area contributed by atoms with Gasteiger partial charge in [0.05, 0.1) is 5.69 Å². The van der Waals surface area contributed by atoms with E-state index < -0.39 is 0 Å². The van der Waals surface area contributed by atoms with Crippen LogP contribution in [0.4, 0.5) is 0 Å². The minimum absolute atomic E-state index is 0.321. The highest BCUT2D eigenvalue weighted by molar-refractivity contribution is 5.98. The molecule has 28 heavy (non-hydrogen) atoms. The number of amides is 1. The van der Waals surface area contributed by atoms with Crippen molar-refractivity contribution in [1.82, 2.24) is 9.88 Å². The van der Waals surface area contributed by atoms with Crippen LogP contribution < -0.4 is 5.73 Å². The van der Waals surface area contributed by atoms with Crippen LogP contribution in [0.15, 0.2) is 48.7 Å². The van der Waals surface area contributed by atoms with Gasteiger partial charge in [-0.15, -0.1) is 0 Å². The van der Waals surface area contributed by atoms with Gasteiger partial charge in [-0.05, 0) is 92.4 Å². The third kappa shape index (κ3) is 4.33. The van der Waals surface area contributed by atoms with Gasteiger partial charge in [0.15, 0.2) is 0 Å². The molecule has 1 aliphatic carbocycles. The maximum absolute atomic E-state index is 12.0. The third-order valence-electron chi connectivity index (χ3n) is 6.12. The van der Waals surface area contributed by atoms with Crippen LogP contribution in [0.3, 0.4) is 0 Å². The van der Waals surface area contributed by atoms with Crippen molar-refractivity contribution in [2.45, 2.75) is 51.0 Å². The molecule has 0 saturated carbocycles. The van der Waals surface area contributed by atoms with Crippen molar-refractivity contribution in [3.05, 3.63) is 71.1 Å². The number of carbonyl (C=O) groups excluding carboxylic acids is 1. The molecule has 0 unspecified atom stereocenters. The fraction of sp³-hybridized carbons (Fsp3) is 0.417. The van der Waals surface area contributed by atoms with Gasteiger partial charge in [0.25, 0.3) is 0 Å². The van der Waals surface area contributed by atoms with Crippen LogP contribution in [-0.4, -0.2) is 28.9 Å². The Bertz CT molecular complexity index is 851. The number of nitrogens with zero attached hydrogens (tertiary/aromatic N) is 2. The summed E-state index contributed by atoms with van der Waals surface area (Å²) in [7, 11) is 0. The molecule has 2 N–H and O–H groups in total. The first kappa shape index (κ1) is 18.9. The van der Waals surface area contributed by atoms with Gasteiger partial charge in [0.2, 0.25) is 5.91 Å². The molecule has 146 valence electrons. The van der Waals surface area contributed by atoms with E-state index in [0.29, 0.717) is 11.5 Å². The van der Waals surface area contributed by atoms with Crippen molar-refractivity contribution in [3.63, 3.8) is 0 Å². The zero-order valence-electron chi connectivity index (χ0n) is 16.4. The molecule has 4 rings (SSSR count). The number of carbonyl (C=O) groups is 1. The Morgan fingerprint density at radius 3 is 2.68 bits per heavy atom. The Kier molecular flexibility index (Phi) is 5.87. The van der Waals surface area contributed by atoms with Gasteiger partial charge < -0.3 is 5.73 Å². The second-order valence-corrected chi connectivity index (χ2v) is 8.02. The molecule has 1 aromatic carbocycles. The first-order valence-electron chi connectivity index (χ1n) is 10.5. The quantitative estimate of drug-likeness (QED) is 0.836. The van der Waals surface area contributed by atoms with Gasteiger partial charge in [-0.3, -0.25) is 14.7 Å². The van der Waals surface area contributed by atoms with Crippen molar-refractivity contribution in [1.29, 1.82) is 0 Å². The molecule has 0 radical (unpaired) electrons. The summed E-state index contributed by atoms with van der Waals surface area (Å²) in [5, 5.41) is 0. The number of primary amides is 1. The van der Waals surface area contributed by atoms with Crippen LogP contribution in [0.2, 0.25) is 0 Å². The summed E-state index contributed by atoms with van der Waals surface area (Å²) in [5.74, 6) is 0.225. The minimum Gasteiger partial charge on any atom is -0.366 e. The van der Waals surface area contributed by atoms with E-state index in [0.717, 1.165) is 56.6 Å². The molecule has 2 aromatic rings. The van der Waals surface area contributed by atoms with Gasteiger partial charge in [-0.25, -0.2) is 0 Å². The van der Waals surface area contributed by atoms with E-state index in [1.807, 2.05) is 18.3 Å². The number of hydrogen-bond donors (Lipinski definition) is 1. The number of nitrogens with two attached hydrogens (primary N) is 1. The molecule has 1 fully saturated rings. The molecule has 2 heterocycles. The molecule has 4 nitrogen and oxygen atoms in total. The summed E-state index contributed by atoms with van der Waals surface area (Å²) in [4.78, 5) is 18.9. The van der Waals surface area contributed by atoms with E-state index in [-0.39, 0.29) is 5.91 Å². The van der Waals surface area contributed by atoms with Gasteiger partial charge in [0, 0.05) is 18.3 Å². The predicted octanol–water partition coefficient (Wildman–Crippen LogP) is 4.52. The maximum atomic E-state index is 12.0. The minimum atomic E-state index is -0.321. The lowest BCUT2D eigenvalue weighted by Gasteiger charge is -2.32. The first-order valence-corrected chi connectivity index (χ1v) is 10.5. The Hall–Kier alpha value is -2.46. The molecule has 1 aliphatic heterocycles. The molecule has 0 bridgehead atoms. The summed E-state index contributed by atoms with van der Waals surface area (Å²) in [6.07, 6.45) is 11.0. The fourth-order valence-corrected chi connectivity index (χ4v) is 4.52. The number of benzene rings is 1. The summed E-state index contributed by atoms with van der Waals surface area (Å²) < 4.78 is 0. The van der Waals surface area contributed by atoms with E-state index in [2.05, 4.69) is 40.2 Å². The summed E-state index contributed by atoms with van der Waals surface area (Å²) in [6, 6.07) is 12.4. The van der Waals surface area contributed by atoms with Crippen LogP contribution >= 0.6 is 0 Å². The lowest BCUT2D eigenvalue weighted by atomic mass is 9.84. The molecule has 0 atom stereocenters. The molecule has 0 spiro atoms. The largest absolute Gasteiger partial charge is 0.366 e. The highest BCUT2D eigenvalue weighted by atomic mass is 16.1. The molecule has 1 aromatic heterocycles. The topological polar surface area (TPSA) is 59.2 Å². The van der Waals surface area contributed by atoms with Crippen LogP contribution in [0.1, 0.15) is 71.6 Å².